The van der Waals surface area contributed by atoms with Crippen molar-refractivity contribution in [1.82, 2.24) is 9.88 Å². The third-order valence-corrected chi connectivity index (χ3v) is 5.25. The normalized spacial score (nSPS) is 20.8. The van der Waals surface area contributed by atoms with Crippen LogP contribution in [-0.2, 0) is 11.2 Å². The van der Waals surface area contributed by atoms with E-state index in [2.05, 4.69) is 9.88 Å². The molecule has 0 unspecified atom stereocenters. The highest BCUT2D eigenvalue weighted by Gasteiger charge is 2.28. The smallest absolute Gasteiger partial charge is 0.347 e. The molecular formula is C14H20N2O3S. The number of rotatable bonds is 5. The molecule has 1 N–H and O–H groups in total. The van der Waals surface area contributed by atoms with E-state index in [1.807, 2.05) is 0 Å². The number of carbonyl (C=O) groups is 1. The van der Waals surface area contributed by atoms with E-state index in [4.69, 9.17) is 4.74 Å². The summed E-state index contributed by atoms with van der Waals surface area (Å²) in [5.41, 5.74) is 0.839. The van der Waals surface area contributed by atoms with Crippen LogP contribution in [0, 0.1) is 0 Å². The molecule has 1 aliphatic heterocycles. The van der Waals surface area contributed by atoms with Crippen LogP contribution in [-0.4, -0.2) is 53.8 Å². The van der Waals surface area contributed by atoms with Crippen LogP contribution < -0.4 is 0 Å². The summed E-state index contributed by atoms with van der Waals surface area (Å²) in [7, 11) is 0. The van der Waals surface area contributed by atoms with Crippen LogP contribution in [0.1, 0.15) is 45.6 Å². The van der Waals surface area contributed by atoms with E-state index in [9.17, 15) is 9.90 Å². The van der Waals surface area contributed by atoms with Gasteiger partial charge in [-0.05, 0) is 12.8 Å². The van der Waals surface area contributed by atoms with Gasteiger partial charge >= 0.3 is 5.97 Å². The predicted molar refractivity (Wildman–Crippen MR) is 76.6 cm³/mol. The van der Waals surface area contributed by atoms with Gasteiger partial charge in [-0.2, -0.15) is 0 Å². The van der Waals surface area contributed by atoms with Crippen molar-refractivity contribution in [2.45, 2.75) is 31.6 Å². The standard InChI is InChI=1S/C14H20N2O3S/c17-14(18)13-12(10-2-1-3-10)15-11(20-13)4-5-16-6-8-19-9-7-16/h10H,1-9H2,(H,17,18). The second kappa shape index (κ2) is 6.20. The number of hydrogen-bond donors (Lipinski definition) is 1. The molecule has 1 saturated heterocycles. The highest BCUT2D eigenvalue weighted by Crippen LogP contribution is 2.39. The van der Waals surface area contributed by atoms with E-state index in [1.165, 1.54) is 17.8 Å². The van der Waals surface area contributed by atoms with Crippen LogP contribution in [0.4, 0.5) is 0 Å². The Morgan fingerprint density at radius 3 is 2.75 bits per heavy atom. The first-order valence-corrected chi connectivity index (χ1v) is 8.08. The maximum Gasteiger partial charge on any atom is 0.347 e. The number of hydrogen-bond acceptors (Lipinski definition) is 5. The molecule has 1 aromatic rings. The average Bonchev–Trinajstić information content (AvgIpc) is 2.80. The van der Waals surface area contributed by atoms with E-state index in [0.29, 0.717) is 10.8 Å². The van der Waals surface area contributed by atoms with Gasteiger partial charge in [-0.25, -0.2) is 9.78 Å². The highest BCUT2D eigenvalue weighted by molar-refractivity contribution is 7.13. The fourth-order valence-electron chi connectivity index (χ4n) is 2.68. The summed E-state index contributed by atoms with van der Waals surface area (Å²) < 4.78 is 5.33. The number of ether oxygens (including phenoxy) is 1. The lowest BCUT2D eigenvalue weighted by molar-refractivity contribution is 0.0384. The minimum atomic E-state index is -0.818. The van der Waals surface area contributed by atoms with Gasteiger partial charge in [-0.3, -0.25) is 4.90 Å². The maximum absolute atomic E-state index is 11.3. The van der Waals surface area contributed by atoms with Gasteiger partial charge < -0.3 is 9.84 Å². The molecule has 0 radical (unpaired) electrons. The molecule has 1 saturated carbocycles. The van der Waals surface area contributed by atoms with Crippen LogP contribution in [0.15, 0.2) is 0 Å². The number of nitrogens with zero attached hydrogens (tertiary/aromatic N) is 2. The molecule has 0 aromatic carbocycles. The Kier molecular flexibility index (Phi) is 4.33. The maximum atomic E-state index is 11.3. The quantitative estimate of drug-likeness (QED) is 0.900. The van der Waals surface area contributed by atoms with Crippen LogP contribution in [0.2, 0.25) is 0 Å². The molecule has 2 heterocycles. The summed E-state index contributed by atoms with van der Waals surface area (Å²) in [6, 6.07) is 0. The summed E-state index contributed by atoms with van der Waals surface area (Å²) in [5.74, 6) is -0.434. The first kappa shape index (κ1) is 14.0. The zero-order valence-electron chi connectivity index (χ0n) is 11.5. The topological polar surface area (TPSA) is 62.7 Å². The molecule has 0 bridgehead atoms. The predicted octanol–water partition coefficient (Wildman–Crippen LogP) is 1.98. The van der Waals surface area contributed by atoms with Crippen molar-refractivity contribution in [3.05, 3.63) is 15.6 Å². The van der Waals surface area contributed by atoms with Gasteiger partial charge in [-0.15, -0.1) is 11.3 Å². The third kappa shape index (κ3) is 3.02. The number of aromatic carboxylic acids is 1. The van der Waals surface area contributed by atoms with Gasteiger partial charge in [0.05, 0.1) is 23.9 Å². The van der Waals surface area contributed by atoms with Gasteiger partial charge in [-0.1, -0.05) is 6.42 Å². The molecule has 0 spiro atoms. The summed E-state index contributed by atoms with van der Waals surface area (Å²) in [4.78, 5) is 18.8. The molecule has 1 aliphatic carbocycles. The zero-order valence-corrected chi connectivity index (χ0v) is 12.3. The van der Waals surface area contributed by atoms with Crippen molar-refractivity contribution in [1.29, 1.82) is 0 Å². The Bertz CT molecular complexity index is 479. The van der Waals surface area contributed by atoms with E-state index < -0.39 is 5.97 Å². The Morgan fingerprint density at radius 2 is 2.15 bits per heavy atom. The van der Waals surface area contributed by atoms with Gasteiger partial charge in [0.25, 0.3) is 0 Å². The minimum absolute atomic E-state index is 0.384. The minimum Gasteiger partial charge on any atom is -0.477 e. The van der Waals surface area contributed by atoms with Crippen LogP contribution in [0.3, 0.4) is 0 Å². The molecule has 20 heavy (non-hydrogen) atoms. The molecular weight excluding hydrogens is 276 g/mol. The van der Waals surface area contributed by atoms with E-state index >= 15 is 0 Å². The summed E-state index contributed by atoms with van der Waals surface area (Å²) in [5, 5.41) is 10.3. The molecule has 6 heteroatoms. The van der Waals surface area contributed by atoms with Crippen LogP contribution in [0.5, 0.6) is 0 Å². The van der Waals surface area contributed by atoms with Crippen molar-refractivity contribution in [2.24, 2.45) is 0 Å². The Morgan fingerprint density at radius 1 is 1.40 bits per heavy atom. The van der Waals surface area contributed by atoms with E-state index in [0.717, 1.165) is 62.8 Å². The van der Waals surface area contributed by atoms with E-state index in [-0.39, 0.29) is 0 Å². The fourth-order valence-corrected chi connectivity index (χ4v) is 3.65. The fraction of sp³-hybridized carbons (Fsp3) is 0.714. The number of morpholine rings is 1. The number of aromatic nitrogens is 1. The van der Waals surface area contributed by atoms with Crippen LogP contribution in [0.25, 0.3) is 0 Å². The number of carboxylic acids is 1. The van der Waals surface area contributed by atoms with Crippen molar-refractivity contribution in [3.8, 4) is 0 Å². The number of thiazole rings is 1. The average molecular weight is 296 g/mol. The van der Waals surface area contributed by atoms with Gasteiger partial charge in [0.15, 0.2) is 0 Å². The largest absolute Gasteiger partial charge is 0.477 e. The van der Waals surface area contributed by atoms with Crippen molar-refractivity contribution < 1.29 is 14.6 Å². The first-order chi connectivity index (χ1) is 9.74. The lowest BCUT2D eigenvalue weighted by Crippen LogP contribution is -2.37. The highest BCUT2D eigenvalue weighted by atomic mass is 32.1. The summed E-state index contributed by atoms with van der Waals surface area (Å²) in [6.45, 7) is 4.47. The van der Waals surface area contributed by atoms with Crippen molar-refractivity contribution >= 4 is 17.3 Å². The monoisotopic (exact) mass is 296 g/mol. The first-order valence-electron chi connectivity index (χ1n) is 7.27. The SMILES string of the molecule is O=C(O)c1sc(CCN2CCOCC2)nc1C1CCC1. The molecule has 0 atom stereocenters. The zero-order chi connectivity index (χ0) is 13.9. The Labute approximate surface area is 122 Å². The van der Waals surface area contributed by atoms with Crippen LogP contribution >= 0.6 is 11.3 Å². The molecule has 2 fully saturated rings. The number of carboxylic acid groups (broad SMARTS) is 1. The summed E-state index contributed by atoms with van der Waals surface area (Å²) in [6.07, 6.45) is 4.22. The van der Waals surface area contributed by atoms with Gasteiger partial charge in [0.2, 0.25) is 0 Å². The van der Waals surface area contributed by atoms with Crippen molar-refractivity contribution in [3.63, 3.8) is 0 Å². The molecule has 3 rings (SSSR count). The summed E-state index contributed by atoms with van der Waals surface area (Å²) >= 11 is 1.37. The van der Waals surface area contributed by atoms with E-state index in [1.54, 1.807) is 0 Å². The lowest BCUT2D eigenvalue weighted by atomic mass is 9.82. The molecule has 1 aromatic heterocycles. The van der Waals surface area contributed by atoms with Gasteiger partial charge in [0.1, 0.15) is 4.88 Å². The van der Waals surface area contributed by atoms with Crippen molar-refractivity contribution in [2.75, 3.05) is 32.8 Å². The molecule has 2 aliphatic rings. The third-order valence-electron chi connectivity index (χ3n) is 4.13. The second-order valence-electron chi connectivity index (χ2n) is 5.46. The second-order valence-corrected chi connectivity index (χ2v) is 6.54. The van der Waals surface area contributed by atoms with Gasteiger partial charge in [0, 0.05) is 32.0 Å². The molecule has 5 nitrogen and oxygen atoms in total. The molecule has 110 valence electrons. The Hall–Kier alpha value is -0.980. The molecule has 0 amide bonds. The lowest BCUT2D eigenvalue weighted by Gasteiger charge is -2.26. The Balaban J connectivity index is 1.65.